The summed E-state index contributed by atoms with van der Waals surface area (Å²) in [6.45, 7) is 1.89. The summed E-state index contributed by atoms with van der Waals surface area (Å²) in [4.78, 5) is 13.7. The molecule has 0 atom stereocenters. The topological polar surface area (TPSA) is 33.5 Å². The lowest BCUT2D eigenvalue weighted by Crippen LogP contribution is -2.31. The third-order valence-corrected chi connectivity index (χ3v) is 3.09. The number of amides is 1. The van der Waals surface area contributed by atoms with E-state index in [9.17, 15) is 4.79 Å². The van der Waals surface area contributed by atoms with Gasteiger partial charge in [-0.25, -0.2) is 0 Å². The number of anilines is 1. The third kappa shape index (κ3) is 2.06. The van der Waals surface area contributed by atoms with Crippen LogP contribution in [-0.2, 0) is 4.79 Å². The molecule has 0 spiro atoms. The monoisotopic (exact) mass is 207 g/mol. The van der Waals surface area contributed by atoms with E-state index < -0.39 is 0 Å². The summed E-state index contributed by atoms with van der Waals surface area (Å²) >= 11 is 0. The van der Waals surface area contributed by atoms with Crippen LogP contribution in [-0.4, -0.2) is 13.0 Å². The van der Waals surface area contributed by atoms with Crippen LogP contribution in [0.4, 0.5) is 5.88 Å². The number of carbonyl (C=O) groups is 1. The molecule has 1 heterocycles. The highest BCUT2D eigenvalue weighted by Gasteiger charge is 2.27. The van der Waals surface area contributed by atoms with Crippen molar-refractivity contribution in [1.82, 2.24) is 0 Å². The Morgan fingerprint density at radius 3 is 2.60 bits per heavy atom. The largest absolute Gasteiger partial charge is 0.445 e. The Morgan fingerprint density at radius 2 is 2.07 bits per heavy atom. The maximum atomic E-state index is 12.0. The lowest BCUT2D eigenvalue weighted by molar-refractivity contribution is -0.122. The Hall–Kier alpha value is -1.25. The highest BCUT2D eigenvalue weighted by atomic mass is 16.4. The fraction of sp³-hybridized carbons (Fsp3) is 0.583. The van der Waals surface area contributed by atoms with E-state index in [2.05, 4.69) is 0 Å². The van der Waals surface area contributed by atoms with Gasteiger partial charge in [0, 0.05) is 19.0 Å². The van der Waals surface area contributed by atoms with Crippen molar-refractivity contribution in [3.8, 4) is 0 Å². The van der Waals surface area contributed by atoms with Crippen molar-refractivity contribution in [3.05, 3.63) is 17.9 Å². The molecule has 0 saturated heterocycles. The van der Waals surface area contributed by atoms with Crippen LogP contribution >= 0.6 is 0 Å². The molecule has 3 heteroatoms. The number of hydrogen-bond donors (Lipinski definition) is 0. The number of aryl methyl sites for hydroxylation is 1. The van der Waals surface area contributed by atoms with Crippen molar-refractivity contribution in [2.75, 3.05) is 11.9 Å². The Balaban J connectivity index is 2.06. The van der Waals surface area contributed by atoms with E-state index in [1.165, 1.54) is 12.8 Å². The molecule has 0 aliphatic heterocycles. The van der Waals surface area contributed by atoms with Gasteiger partial charge < -0.3 is 4.42 Å². The van der Waals surface area contributed by atoms with Crippen LogP contribution in [0.5, 0.6) is 0 Å². The zero-order valence-corrected chi connectivity index (χ0v) is 9.32. The molecule has 0 aromatic carbocycles. The second kappa shape index (κ2) is 4.09. The van der Waals surface area contributed by atoms with Gasteiger partial charge in [-0.1, -0.05) is 12.8 Å². The minimum absolute atomic E-state index is 0.196. The van der Waals surface area contributed by atoms with Crippen LogP contribution < -0.4 is 4.90 Å². The zero-order chi connectivity index (χ0) is 10.8. The lowest BCUT2D eigenvalue weighted by Gasteiger charge is -2.18. The summed E-state index contributed by atoms with van der Waals surface area (Å²) in [5, 5.41) is 0. The number of furan rings is 1. The van der Waals surface area contributed by atoms with E-state index in [0.717, 1.165) is 18.6 Å². The van der Waals surface area contributed by atoms with Crippen molar-refractivity contribution in [3.63, 3.8) is 0 Å². The Morgan fingerprint density at radius 1 is 1.40 bits per heavy atom. The fourth-order valence-electron chi connectivity index (χ4n) is 2.16. The highest BCUT2D eigenvalue weighted by molar-refractivity contribution is 5.93. The summed E-state index contributed by atoms with van der Waals surface area (Å²) in [5.74, 6) is 1.91. The normalized spacial score (nSPS) is 16.9. The number of carbonyl (C=O) groups excluding carboxylic acids is 1. The van der Waals surface area contributed by atoms with E-state index in [4.69, 9.17) is 4.42 Å². The van der Waals surface area contributed by atoms with Crippen LogP contribution in [0.25, 0.3) is 0 Å². The lowest BCUT2D eigenvalue weighted by atomic mass is 10.1. The molecule has 1 aromatic heterocycles. The predicted octanol–water partition coefficient (Wildman–Crippen LogP) is 2.74. The van der Waals surface area contributed by atoms with Crippen molar-refractivity contribution in [2.24, 2.45) is 5.92 Å². The van der Waals surface area contributed by atoms with Gasteiger partial charge in [0.05, 0.1) is 0 Å². The van der Waals surface area contributed by atoms with Gasteiger partial charge in [-0.3, -0.25) is 9.69 Å². The summed E-state index contributed by atoms with van der Waals surface area (Å²) in [5.41, 5.74) is 0. The molecule has 1 fully saturated rings. The molecular weight excluding hydrogens is 190 g/mol. The molecular formula is C12H17NO2. The number of rotatable bonds is 2. The standard InChI is InChI=1S/C12H17NO2/c1-9-7-8-11(15-9)13(2)12(14)10-5-3-4-6-10/h7-8,10H,3-6H2,1-2H3. The number of hydrogen-bond acceptors (Lipinski definition) is 2. The Bertz CT molecular complexity index is 350. The minimum atomic E-state index is 0.196. The predicted molar refractivity (Wildman–Crippen MR) is 58.8 cm³/mol. The number of nitrogens with zero attached hydrogens (tertiary/aromatic N) is 1. The summed E-state index contributed by atoms with van der Waals surface area (Å²) < 4.78 is 5.43. The first-order valence-electron chi connectivity index (χ1n) is 5.52. The van der Waals surface area contributed by atoms with Crippen molar-refractivity contribution in [1.29, 1.82) is 0 Å². The first-order valence-corrected chi connectivity index (χ1v) is 5.52. The Labute approximate surface area is 90.1 Å². The molecule has 2 rings (SSSR count). The SMILES string of the molecule is Cc1ccc(N(C)C(=O)C2CCCC2)o1. The van der Waals surface area contributed by atoms with Crippen LogP contribution in [0, 0.1) is 12.8 Å². The molecule has 1 saturated carbocycles. The molecule has 0 N–H and O–H groups in total. The van der Waals surface area contributed by atoms with Gasteiger partial charge in [-0.05, 0) is 25.8 Å². The zero-order valence-electron chi connectivity index (χ0n) is 9.32. The van der Waals surface area contributed by atoms with Gasteiger partial charge in [0.25, 0.3) is 0 Å². The summed E-state index contributed by atoms with van der Waals surface area (Å²) in [6, 6.07) is 3.73. The third-order valence-electron chi connectivity index (χ3n) is 3.09. The van der Waals surface area contributed by atoms with E-state index >= 15 is 0 Å². The molecule has 15 heavy (non-hydrogen) atoms. The summed E-state index contributed by atoms with van der Waals surface area (Å²) in [6.07, 6.45) is 4.43. The molecule has 1 aliphatic rings. The van der Waals surface area contributed by atoms with Crippen LogP contribution in [0.3, 0.4) is 0 Å². The van der Waals surface area contributed by atoms with E-state index in [0.29, 0.717) is 5.88 Å². The fourth-order valence-corrected chi connectivity index (χ4v) is 2.16. The summed E-state index contributed by atoms with van der Waals surface area (Å²) in [7, 11) is 1.79. The molecule has 1 aromatic rings. The van der Waals surface area contributed by atoms with E-state index in [1.807, 2.05) is 19.1 Å². The second-order valence-electron chi connectivity index (χ2n) is 4.26. The highest BCUT2D eigenvalue weighted by Crippen LogP contribution is 2.28. The van der Waals surface area contributed by atoms with Crippen molar-refractivity contribution in [2.45, 2.75) is 32.6 Å². The van der Waals surface area contributed by atoms with E-state index in [1.54, 1.807) is 11.9 Å². The van der Waals surface area contributed by atoms with Gasteiger partial charge in [-0.15, -0.1) is 0 Å². The first kappa shape index (κ1) is 10.3. The van der Waals surface area contributed by atoms with Gasteiger partial charge in [0.15, 0.2) is 0 Å². The van der Waals surface area contributed by atoms with E-state index in [-0.39, 0.29) is 11.8 Å². The van der Waals surface area contributed by atoms with Gasteiger partial charge in [0.2, 0.25) is 11.8 Å². The van der Waals surface area contributed by atoms with Gasteiger partial charge >= 0.3 is 0 Å². The first-order chi connectivity index (χ1) is 7.18. The molecule has 0 radical (unpaired) electrons. The smallest absolute Gasteiger partial charge is 0.232 e. The van der Waals surface area contributed by atoms with Crippen LogP contribution in [0.15, 0.2) is 16.5 Å². The average Bonchev–Trinajstić information content (AvgIpc) is 2.85. The minimum Gasteiger partial charge on any atom is -0.445 e. The van der Waals surface area contributed by atoms with Crippen molar-refractivity contribution >= 4 is 11.8 Å². The van der Waals surface area contributed by atoms with Crippen LogP contribution in [0.1, 0.15) is 31.4 Å². The Kier molecular flexibility index (Phi) is 2.80. The maximum Gasteiger partial charge on any atom is 0.232 e. The second-order valence-corrected chi connectivity index (χ2v) is 4.26. The van der Waals surface area contributed by atoms with Gasteiger partial charge in [-0.2, -0.15) is 0 Å². The molecule has 82 valence electrons. The molecule has 0 unspecified atom stereocenters. The maximum absolute atomic E-state index is 12.0. The molecule has 1 aliphatic carbocycles. The quantitative estimate of drug-likeness (QED) is 0.747. The molecule has 1 amide bonds. The molecule has 0 bridgehead atoms. The molecule has 3 nitrogen and oxygen atoms in total. The van der Waals surface area contributed by atoms with Crippen molar-refractivity contribution < 1.29 is 9.21 Å². The van der Waals surface area contributed by atoms with Crippen LogP contribution in [0.2, 0.25) is 0 Å². The van der Waals surface area contributed by atoms with Gasteiger partial charge in [0.1, 0.15) is 5.76 Å². The average molecular weight is 207 g/mol.